The molecule has 0 aliphatic carbocycles. The Morgan fingerprint density at radius 2 is 0.981 bits per heavy atom. The molecule has 2 amide bonds. The molecule has 0 spiro atoms. The van der Waals surface area contributed by atoms with Crippen molar-refractivity contribution in [2.24, 2.45) is 0 Å². The van der Waals surface area contributed by atoms with Crippen molar-refractivity contribution in [3.8, 4) is 46.0 Å². The van der Waals surface area contributed by atoms with Gasteiger partial charge in [-0.15, -0.1) is 0 Å². The number of unbranched alkanes of at least 4 members (excludes halogenated alkanes) is 1. The first-order chi connectivity index (χ1) is 25.3. The molecule has 0 unspecified atom stereocenters. The Labute approximate surface area is 298 Å². The molecule has 2 aliphatic rings. The van der Waals surface area contributed by atoms with Gasteiger partial charge in [0.2, 0.25) is 25.4 Å². The van der Waals surface area contributed by atoms with E-state index in [-0.39, 0.29) is 74.0 Å². The second kappa shape index (κ2) is 16.5. The number of esters is 2. The molecule has 2 N–H and O–H groups in total. The predicted octanol–water partition coefficient (Wildman–Crippen LogP) is 7.22. The normalized spacial score (nSPS) is 12.1. The topological polar surface area (TPSA) is 166 Å². The number of hydrogen-bond acceptors (Lipinski definition) is 12. The summed E-state index contributed by atoms with van der Waals surface area (Å²) in [7, 11) is 0. The summed E-state index contributed by atoms with van der Waals surface area (Å²) in [6, 6.07) is 19.3. The van der Waals surface area contributed by atoms with Crippen molar-refractivity contribution in [3.05, 3.63) is 83.9 Å². The number of ether oxygens (including phenoxy) is 8. The van der Waals surface area contributed by atoms with Gasteiger partial charge in [0.1, 0.15) is 11.5 Å². The van der Waals surface area contributed by atoms with Gasteiger partial charge in [0, 0.05) is 25.0 Å². The lowest BCUT2D eigenvalue weighted by Crippen LogP contribution is -2.15. The van der Waals surface area contributed by atoms with E-state index in [1.54, 1.807) is 74.5 Å². The Kier molecular flexibility index (Phi) is 11.2. The molecular formula is C38H36N2O12. The van der Waals surface area contributed by atoms with Crippen LogP contribution in [0, 0.1) is 0 Å². The van der Waals surface area contributed by atoms with Gasteiger partial charge in [-0.1, -0.05) is 0 Å². The average molecular weight is 713 g/mol. The first-order valence-electron chi connectivity index (χ1n) is 16.7. The molecule has 2 heterocycles. The van der Waals surface area contributed by atoms with Gasteiger partial charge in [0.25, 0.3) is 0 Å². The van der Waals surface area contributed by atoms with Crippen LogP contribution in [-0.4, -0.2) is 50.6 Å². The lowest BCUT2D eigenvalue weighted by Gasteiger charge is -2.15. The van der Waals surface area contributed by atoms with E-state index in [1.165, 1.54) is 12.1 Å². The van der Waals surface area contributed by atoms with Crippen molar-refractivity contribution >= 4 is 35.1 Å². The van der Waals surface area contributed by atoms with Crippen molar-refractivity contribution in [1.82, 2.24) is 0 Å². The molecule has 4 aromatic rings. The van der Waals surface area contributed by atoms with Crippen LogP contribution in [0.1, 0.15) is 60.2 Å². The van der Waals surface area contributed by atoms with Gasteiger partial charge in [-0.05, 0) is 87.4 Å². The zero-order valence-corrected chi connectivity index (χ0v) is 28.5. The molecule has 0 atom stereocenters. The highest BCUT2D eigenvalue weighted by Gasteiger charge is 2.20. The molecule has 0 bridgehead atoms. The largest absolute Gasteiger partial charge is 0.462 e. The number of benzene rings is 4. The summed E-state index contributed by atoms with van der Waals surface area (Å²) in [5, 5.41) is 5.63. The van der Waals surface area contributed by atoms with E-state index >= 15 is 0 Å². The van der Waals surface area contributed by atoms with Crippen molar-refractivity contribution in [2.45, 2.75) is 39.5 Å². The fraction of sp³-hybridized carbons (Fsp3) is 0.263. The van der Waals surface area contributed by atoms with Crippen molar-refractivity contribution < 1.29 is 57.1 Å². The number of carbonyl (C=O) groups excluding carboxylic acids is 4. The Hall–Kier alpha value is -6.44. The minimum Gasteiger partial charge on any atom is -0.462 e. The van der Waals surface area contributed by atoms with Crippen LogP contribution < -0.4 is 39.1 Å². The average Bonchev–Trinajstić information content (AvgIpc) is 3.81. The Morgan fingerprint density at radius 1 is 0.558 bits per heavy atom. The molecule has 0 saturated heterocycles. The summed E-state index contributed by atoms with van der Waals surface area (Å²) in [4.78, 5) is 51.0. The second-order valence-electron chi connectivity index (χ2n) is 11.4. The molecule has 52 heavy (non-hydrogen) atoms. The van der Waals surface area contributed by atoms with E-state index in [4.69, 9.17) is 37.9 Å². The minimum absolute atomic E-state index is 0.0806. The highest BCUT2D eigenvalue weighted by molar-refractivity contribution is 5.97. The van der Waals surface area contributed by atoms with Crippen molar-refractivity contribution in [3.63, 3.8) is 0 Å². The molecule has 14 nitrogen and oxygen atoms in total. The number of nitrogens with one attached hydrogen (secondary N) is 2. The highest BCUT2D eigenvalue weighted by atomic mass is 16.7. The van der Waals surface area contributed by atoms with Crippen LogP contribution in [-0.2, 0) is 19.1 Å². The zero-order valence-electron chi connectivity index (χ0n) is 28.5. The number of amides is 2. The van der Waals surface area contributed by atoms with Gasteiger partial charge in [0.05, 0.1) is 35.7 Å². The zero-order chi connectivity index (χ0) is 36.5. The fourth-order valence-electron chi connectivity index (χ4n) is 5.25. The molecule has 14 heteroatoms. The van der Waals surface area contributed by atoms with Crippen LogP contribution >= 0.6 is 0 Å². The van der Waals surface area contributed by atoms with E-state index in [0.29, 0.717) is 58.8 Å². The van der Waals surface area contributed by atoms with Gasteiger partial charge in [-0.3, -0.25) is 9.59 Å². The van der Waals surface area contributed by atoms with E-state index < -0.39 is 11.9 Å². The van der Waals surface area contributed by atoms with Crippen LogP contribution in [0.4, 0.5) is 11.4 Å². The van der Waals surface area contributed by atoms with E-state index in [9.17, 15) is 19.2 Å². The molecule has 4 aromatic carbocycles. The number of carbonyl (C=O) groups is 4. The standard InChI is InChI=1S/C38H36N2O12/c1-3-45-37(43)23-9-13-29(51-25-11-15-31-33(19-25)49-21-47-31)27(17-23)39-35(41)7-5-6-8-36(42)40-28-18-24(38(44)46-4-2)10-14-30(28)52-26-12-16-32-34(20-26)50-22-48-32/h9-20H,3-8,21-22H2,1-2H3,(H,39,41)(H,40,42). The third kappa shape index (κ3) is 8.82. The third-order valence-corrected chi connectivity index (χ3v) is 7.73. The second-order valence-corrected chi connectivity index (χ2v) is 11.4. The Morgan fingerprint density at radius 3 is 1.40 bits per heavy atom. The van der Waals surface area contributed by atoms with Gasteiger partial charge >= 0.3 is 11.9 Å². The first kappa shape index (κ1) is 35.4. The van der Waals surface area contributed by atoms with E-state index in [1.807, 2.05) is 0 Å². The quantitative estimate of drug-likeness (QED) is 0.0940. The molecule has 2 aliphatic heterocycles. The van der Waals surface area contributed by atoms with E-state index in [2.05, 4.69) is 10.6 Å². The molecule has 6 rings (SSSR count). The maximum absolute atomic E-state index is 13.1. The summed E-state index contributed by atoms with van der Waals surface area (Å²) in [6.45, 7) is 3.99. The van der Waals surface area contributed by atoms with Crippen LogP contribution in [0.2, 0.25) is 0 Å². The van der Waals surface area contributed by atoms with Crippen LogP contribution in [0.5, 0.6) is 46.0 Å². The van der Waals surface area contributed by atoms with Gasteiger partial charge in [-0.2, -0.15) is 0 Å². The van der Waals surface area contributed by atoms with Crippen LogP contribution in [0.3, 0.4) is 0 Å². The van der Waals surface area contributed by atoms with E-state index in [0.717, 1.165) is 0 Å². The number of hydrogen-bond donors (Lipinski definition) is 2. The lowest BCUT2D eigenvalue weighted by molar-refractivity contribution is -0.118. The predicted molar refractivity (Wildman–Crippen MR) is 186 cm³/mol. The molecule has 0 saturated carbocycles. The third-order valence-electron chi connectivity index (χ3n) is 7.73. The Bertz CT molecular complexity index is 1840. The van der Waals surface area contributed by atoms with Crippen LogP contribution in [0.25, 0.3) is 0 Å². The van der Waals surface area contributed by atoms with Crippen molar-refractivity contribution in [2.75, 3.05) is 37.4 Å². The maximum atomic E-state index is 13.1. The summed E-state index contributed by atoms with van der Waals surface area (Å²) < 4.78 is 43.9. The molecule has 0 radical (unpaired) electrons. The fourth-order valence-corrected chi connectivity index (χ4v) is 5.25. The Balaban J connectivity index is 1.07. The number of rotatable bonds is 15. The lowest BCUT2D eigenvalue weighted by atomic mass is 10.1. The first-order valence-corrected chi connectivity index (χ1v) is 16.7. The number of fused-ring (bicyclic) bond motifs is 2. The van der Waals surface area contributed by atoms with Crippen LogP contribution in [0.15, 0.2) is 72.8 Å². The smallest absolute Gasteiger partial charge is 0.338 e. The maximum Gasteiger partial charge on any atom is 0.338 e. The molecule has 0 fully saturated rings. The van der Waals surface area contributed by atoms with Gasteiger partial charge in [0.15, 0.2) is 34.5 Å². The summed E-state index contributed by atoms with van der Waals surface area (Å²) in [6.07, 6.45) is 0.908. The molecule has 270 valence electrons. The molecular weight excluding hydrogens is 676 g/mol. The summed E-state index contributed by atoms with van der Waals surface area (Å²) in [5.41, 5.74) is 1.01. The molecule has 0 aromatic heterocycles. The SMILES string of the molecule is CCOC(=O)c1ccc(Oc2ccc3c(c2)OCO3)c(NC(=O)CCCCC(=O)Nc2cc(C(=O)OCC)ccc2Oc2ccc3c(c2)OCO3)c1. The summed E-state index contributed by atoms with van der Waals surface area (Å²) >= 11 is 0. The van der Waals surface area contributed by atoms with Crippen molar-refractivity contribution in [1.29, 1.82) is 0 Å². The van der Waals surface area contributed by atoms with Gasteiger partial charge < -0.3 is 48.5 Å². The summed E-state index contributed by atoms with van der Waals surface area (Å²) in [5.74, 6) is 1.90. The highest BCUT2D eigenvalue weighted by Crippen LogP contribution is 2.40. The minimum atomic E-state index is -0.545. The van der Waals surface area contributed by atoms with Gasteiger partial charge in [-0.25, -0.2) is 9.59 Å². The number of anilines is 2. The monoisotopic (exact) mass is 712 g/mol.